The van der Waals surface area contributed by atoms with Crippen LogP contribution in [0.5, 0.6) is 11.5 Å². The van der Waals surface area contributed by atoms with Crippen molar-refractivity contribution in [1.29, 1.82) is 0 Å². The second-order valence-corrected chi connectivity index (χ2v) is 8.88. The van der Waals surface area contributed by atoms with Crippen molar-refractivity contribution in [1.82, 2.24) is 0 Å². The van der Waals surface area contributed by atoms with Crippen molar-refractivity contribution >= 4 is 38.0 Å². The first-order valence-electron chi connectivity index (χ1n) is 8.78. The Hall–Kier alpha value is -2.64. The SMILES string of the molecule is COc1cc(C=Nc2ccc(C)cc2)cc(Br)c1OS(=O)(=O)c1ccc(C)cc1. The van der Waals surface area contributed by atoms with E-state index in [1.54, 1.807) is 30.5 Å². The Bertz CT molecular complexity index is 1140. The Labute approximate surface area is 179 Å². The van der Waals surface area contributed by atoms with E-state index >= 15 is 0 Å². The Morgan fingerprint density at radius 2 is 1.52 bits per heavy atom. The van der Waals surface area contributed by atoms with Crippen LogP contribution in [-0.2, 0) is 10.1 Å². The highest BCUT2D eigenvalue weighted by atomic mass is 79.9. The molecule has 0 amide bonds. The standard InChI is InChI=1S/C22H20BrNO4S/c1-15-4-8-18(9-5-15)24-14-17-12-20(23)22(21(13-17)27-3)28-29(25,26)19-10-6-16(2)7-11-19/h4-14H,1-3H3. The van der Waals surface area contributed by atoms with E-state index in [0.717, 1.165) is 22.4 Å². The molecule has 3 rings (SSSR count). The van der Waals surface area contributed by atoms with E-state index in [-0.39, 0.29) is 16.4 Å². The van der Waals surface area contributed by atoms with E-state index in [9.17, 15) is 8.42 Å². The van der Waals surface area contributed by atoms with Crippen LogP contribution >= 0.6 is 15.9 Å². The van der Waals surface area contributed by atoms with E-state index < -0.39 is 10.1 Å². The molecule has 0 saturated carbocycles. The largest absolute Gasteiger partial charge is 0.493 e. The first-order valence-corrected chi connectivity index (χ1v) is 11.0. The van der Waals surface area contributed by atoms with Gasteiger partial charge in [-0.3, -0.25) is 4.99 Å². The molecule has 0 aliphatic carbocycles. The van der Waals surface area contributed by atoms with Crippen molar-refractivity contribution in [3.63, 3.8) is 0 Å². The Kier molecular flexibility index (Phi) is 6.39. The highest BCUT2D eigenvalue weighted by Gasteiger charge is 2.21. The minimum Gasteiger partial charge on any atom is -0.493 e. The number of aryl methyl sites for hydroxylation is 2. The quantitative estimate of drug-likeness (QED) is 0.345. The van der Waals surface area contributed by atoms with Crippen LogP contribution < -0.4 is 8.92 Å². The first-order chi connectivity index (χ1) is 13.8. The van der Waals surface area contributed by atoms with E-state index in [4.69, 9.17) is 8.92 Å². The molecule has 0 saturated heterocycles. The summed E-state index contributed by atoms with van der Waals surface area (Å²) in [4.78, 5) is 4.51. The maximum atomic E-state index is 12.6. The number of hydrogen-bond acceptors (Lipinski definition) is 5. The molecule has 150 valence electrons. The van der Waals surface area contributed by atoms with E-state index in [0.29, 0.717) is 4.47 Å². The predicted molar refractivity (Wildman–Crippen MR) is 118 cm³/mol. The average molecular weight is 474 g/mol. The summed E-state index contributed by atoms with van der Waals surface area (Å²) >= 11 is 3.38. The number of halogens is 1. The maximum absolute atomic E-state index is 12.6. The zero-order valence-electron chi connectivity index (χ0n) is 16.2. The van der Waals surface area contributed by atoms with Gasteiger partial charge in [0.25, 0.3) is 0 Å². The average Bonchev–Trinajstić information content (AvgIpc) is 2.69. The van der Waals surface area contributed by atoms with Gasteiger partial charge < -0.3 is 8.92 Å². The van der Waals surface area contributed by atoms with E-state index in [2.05, 4.69) is 20.9 Å². The third-order valence-corrected chi connectivity index (χ3v) is 5.98. The van der Waals surface area contributed by atoms with Gasteiger partial charge in [0.05, 0.1) is 17.3 Å². The van der Waals surface area contributed by atoms with Crippen LogP contribution in [0.2, 0.25) is 0 Å². The van der Waals surface area contributed by atoms with Gasteiger partial charge in [-0.1, -0.05) is 35.4 Å². The zero-order valence-corrected chi connectivity index (χ0v) is 18.6. The number of methoxy groups -OCH3 is 1. The van der Waals surface area contributed by atoms with Crippen LogP contribution in [-0.4, -0.2) is 21.7 Å². The highest BCUT2D eigenvalue weighted by Crippen LogP contribution is 2.38. The van der Waals surface area contributed by atoms with Crippen molar-refractivity contribution in [2.45, 2.75) is 18.7 Å². The van der Waals surface area contributed by atoms with Crippen molar-refractivity contribution < 1.29 is 17.3 Å². The molecule has 0 aliphatic rings. The van der Waals surface area contributed by atoms with Gasteiger partial charge in [0.15, 0.2) is 11.5 Å². The summed E-state index contributed by atoms with van der Waals surface area (Å²) < 4.78 is 36.4. The summed E-state index contributed by atoms with van der Waals surface area (Å²) in [7, 11) is -2.55. The number of aliphatic imine (C=N–C) groups is 1. The summed E-state index contributed by atoms with van der Waals surface area (Å²) in [5, 5.41) is 0. The lowest BCUT2D eigenvalue weighted by Crippen LogP contribution is -2.11. The third kappa shape index (κ3) is 5.25. The third-order valence-electron chi connectivity index (χ3n) is 4.15. The lowest BCUT2D eigenvalue weighted by molar-refractivity contribution is 0.389. The number of hydrogen-bond donors (Lipinski definition) is 0. The molecule has 5 nitrogen and oxygen atoms in total. The maximum Gasteiger partial charge on any atom is 0.339 e. The minimum atomic E-state index is -4.00. The topological polar surface area (TPSA) is 65.0 Å². The molecule has 0 aromatic heterocycles. The molecule has 0 N–H and O–H groups in total. The van der Waals surface area contributed by atoms with Crippen molar-refractivity contribution in [2.75, 3.05) is 7.11 Å². The van der Waals surface area contributed by atoms with E-state index in [1.807, 2.05) is 38.1 Å². The van der Waals surface area contributed by atoms with Gasteiger partial charge >= 0.3 is 10.1 Å². The van der Waals surface area contributed by atoms with Gasteiger partial charge in [0.2, 0.25) is 0 Å². The Morgan fingerprint density at radius 3 is 2.10 bits per heavy atom. The summed E-state index contributed by atoms with van der Waals surface area (Å²) in [5.74, 6) is 0.362. The number of nitrogens with zero attached hydrogens (tertiary/aromatic N) is 1. The molecule has 0 radical (unpaired) electrons. The summed E-state index contributed by atoms with van der Waals surface area (Å²) in [6.07, 6.45) is 1.68. The fourth-order valence-electron chi connectivity index (χ4n) is 2.54. The smallest absolute Gasteiger partial charge is 0.339 e. The van der Waals surface area contributed by atoms with Gasteiger partial charge in [0.1, 0.15) is 4.90 Å². The van der Waals surface area contributed by atoms with Crippen molar-refractivity contribution in [2.24, 2.45) is 4.99 Å². The molecule has 3 aromatic rings. The molecule has 0 atom stereocenters. The lowest BCUT2D eigenvalue weighted by atomic mass is 10.2. The number of rotatable bonds is 6. The van der Waals surface area contributed by atoms with Gasteiger partial charge in [-0.15, -0.1) is 0 Å². The zero-order chi connectivity index (χ0) is 21.0. The molecule has 7 heteroatoms. The Balaban J connectivity index is 1.90. The van der Waals surface area contributed by atoms with Crippen LogP contribution in [0, 0.1) is 13.8 Å². The van der Waals surface area contributed by atoms with Crippen molar-refractivity contribution in [3.8, 4) is 11.5 Å². The fraction of sp³-hybridized carbons (Fsp3) is 0.136. The van der Waals surface area contributed by atoms with Crippen molar-refractivity contribution in [3.05, 3.63) is 81.8 Å². The van der Waals surface area contributed by atoms with Gasteiger partial charge in [-0.05, 0) is 71.7 Å². The first kappa shape index (κ1) is 21.1. The molecule has 0 bridgehead atoms. The second kappa shape index (κ2) is 8.80. The van der Waals surface area contributed by atoms with Crippen LogP contribution in [0.15, 0.2) is 75.0 Å². The predicted octanol–water partition coefficient (Wildman–Crippen LogP) is 5.59. The molecular formula is C22H20BrNO4S. The van der Waals surface area contributed by atoms with Crippen LogP contribution in [0.4, 0.5) is 5.69 Å². The molecular weight excluding hydrogens is 454 g/mol. The summed E-state index contributed by atoms with van der Waals surface area (Å²) in [6, 6.07) is 17.6. The fourth-order valence-corrected chi connectivity index (χ4v) is 4.14. The summed E-state index contributed by atoms with van der Waals surface area (Å²) in [6.45, 7) is 3.90. The monoisotopic (exact) mass is 473 g/mol. The minimum absolute atomic E-state index is 0.0714. The van der Waals surface area contributed by atoms with Crippen LogP contribution in [0.25, 0.3) is 0 Å². The van der Waals surface area contributed by atoms with Gasteiger partial charge in [0, 0.05) is 6.21 Å². The molecule has 0 aliphatic heterocycles. The number of ether oxygens (including phenoxy) is 1. The highest BCUT2D eigenvalue weighted by molar-refractivity contribution is 9.10. The van der Waals surface area contributed by atoms with Crippen LogP contribution in [0.1, 0.15) is 16.7 Å². The summed E-state index contributed by atoms with van der Waals surface area (Å²) in [5.41, 5.74) is 3.66. The molecule has 0 unspecified atom stereocenters. The van der Waals surface area contributed by atoms with Gasteiger partial charge in [-0.25, -0.2) is 0 Å². The molecule has 3 aromatic carbocycles. The molecule has 0 fully saturated rings. The molecule has 0 spiro atoms. The molecule has 0 heterocycles. The second-order valence-electron chi connectivity index (χ2n) is 6.48. The normalized spacial score (nSPS) is 11.6. The Morgan fingerprint density at radius 1 is 0.931 bits per heavy atom. The van der Waals surface area contributed by atoms with Crippen LogP contribution in [0.3, 0.4) is 0 Å². The van der Waals surface area contributed by atoms with Gasteiger partial charge in [-0.2, -0.15) is 8.42 Å². The molecule has 29 heavy (non-hydrogen) atoms. The lowest BCUT2D eigenvalue weighted by Gasteiger charge is -2.13. The van der Waals surface area contributed by atoms with E-state index in [1.165, 1.54) is 19.2 Å². The number of benzene rings is 3.